The van der Waals surface area contributed by atoms with Crippen molar-refractivity contribution in [2.75, 3.05) is 7.11 Å². The molecule has 3 aromatic rings. The number of hydrogen-bond acceptors (Lipinski definition) is 5. The Balaban J connectivity index is 1.62. The van der Waals surface area contributed by atoms with E-state index < -0.39 is 0 Å². The van der Waals surface area contributed by atoms with Gasteiger partial charge in [-0.15, -0.1) is 5.10 Å². The first-order valence-corrected chi connectivity index (χ1v) is 9.63. The average molecular weight is 395 g/mol. The lowest BCUT2D eigenvalue weighted by molar-refractivity contribution is 0.0921. The molecule has 1 amide bonds. The molecule has 1 unspecified atom stereocenters. The van der Waals surface area contributed by atoms with E-state index in [9.17, 15) is 9.18 Å². The van der Waals surface area contributed by atoms with Crippen molar-refractivity contribution in [1.82, 2.24) is 25.5 Å². The van der Waals surface area contributed by atoms with Gasteiger partial charge in [0.2, 0.25) is 0 Å². The summed E-state index contributed by atoms with van der Waals surface area (Å²) in [6.07, 6.45) is 5.81. The van der Waals surface area contributed by atoms with Crippen molar-refractivity contribution in [2.24, 2.45) is 5.92 Å². The Labute approximate surface area is 167 Å². The first kappa shape index (κ1) is 19.0. The lowest BCUT2D eigenvalue weighted by Gasteiger charge is -2.25. The predicted octanol–water partition coefficient (Wildman–Crippen LogP) is 3.47. The molecule has 8 heteroatoms. The number of nitrogens with zero attached hydrogens (tertiary/aromatic N) is 4. The van der Waals surface area contributed by atoms with Crippen LogP contribution >= 0.6 is 0 Å². The number of benzene rings is 2. The standard InChI is InChI=1S/C21H22FN5O2/c1-29-19-11-8-16(12-18(19)27-13-23-25-26-27)21(28)24-20(14-4-2-3-5-14)15-6-9-17(22)10-7-15/h6-14,20H,2-5H2,1H3,(H,24,28). The molecule has 0 spiro atoms. The fourth-order valence-corrected chi connectivity index (χ4v) is 3.94. The summed E-state index contributed by atoms with van der Waals surface area (Å²) in [5.74, 6) is 0.399. The lowest BCUT2D eigenvalue weighted by atomic mass is 9.91. The number of carbonyl (C=O) groups excluding carboxylic acids is 1. The molecule has 0 saturated heterocycles. The monoisotopic (exact) mass is 395 g/mol. The van der Waals surface area contributed by atoms with Gasteiger partial charge in [-0.05, 0) is 65.1 Å². The van der Waals surface area contributed by atoms with E-state index in [0.29, 0.717) is 22.9 Å². The minimum Gasteiger partial charge on any atom is -0.494 e. The molecular formula is C21H22FN5O2. The summed E-state index contributed by atoms with van der Waals surface area (Å²) in [6.45, 7) is 0. The lowest BCUT2D eigenvalue weighted by Crippen LogP contribution is -2.32. The molecule has 150 valence electrons. The largest absolute Gasteiger partial charge is 0.494 e. The highest BCUT2D eigenvalue weighted by molar-refractivity contribution is 5.95. The van der Waals surface area contributed by atoms with Crippen molar-refractivity contribution in [3.05, 3.63) is 65.7 Å². The van der Waals surface area contributed by atoms with E-state index in [4.69, 9.17) is 4.74 Å². The molecule has 1 atom stereocenters. The zero-order valence-electron chi connectivity index (χ0n) is 16.1. The maximum atomic E-state index is 13.4. The van der Waals surface area contributed by atoms with Crippen LogP contribution in [0.1, 0.15) is 47.6 Å². The van der Waals surface area contributed by atoms with Gasteiger partial charge in [-0.2, -0.15) is 4.68 Å². The Kier molecular flexibility index (Phi) is 5.50. The number of aromatic nitrogens is 4. The van der Waals surface area contributed by atoms with Crippen molar-refractivity contribution in [3.8, 4) is 11.4 Å². The van der Waals surface area contributed by atoms with E-state index in [-0.39, 0.29) is 17.8 Å². The number of amides is 1. The first-order valence-electron chi connectivity index (χ1n) is 9.63. The summed E-state index contributed by atoms with van der Waals surface area (Å²) < 4.78 is 20.2. The molecule has 0 aliphatic heterocycles. The third-order valence-corrected chi connectivity index (χ3v) is 5.42. The van der Waals surface area contributed by atoms with Crippen molar-refractivity contribution in [2.45, 2.75) is 31.7 Å². The normalized spacial score (nSPS) is 15.2. The van der Waals surface area contributed by atoms with Gasteiger partial charge in [0.25, 0.3) is 5.91 Å². The van der Waals surface area contributed by atoms with Crippen LogP contribution in [0.2, 0.25) is 0 Å². The van der Waals surface area contributed by atoms with Crippen molar-refractivity contribution in [3.63, 3.8) is 0 Å². The Bertz CT molecular complexity index is 969. The quantitative estimate of drug-likeness (QED) is 0.691. The highest BCUT2D eigenvalue weighted by atomic mass is 19.1. The summed E-state index contributed by atoms with van der Waals surface area (Å²) in [5.41, 5.74) is 1.96. The number of carbonyl (C=O) groups is 1. The summed E-state index contributed by atoms with van der Waals surface area (Å²) in [7, 11) is 1.55. The van der Waals surface area contributed by atoms with Gasteiger partial charge >= 0.3 is 0 Å². The molecular weight excluding hydrogens is 373 g/mol. The number of hydrogen-bond donors (Lipinski definition) is 1. The Morgan fingerprint density at radius 1 is 1.21 bits per heavy atom. The SMILES string of the molecule is COc1ccc(C(=O)NC(c2ccc(F)cc2)C2CCCC2)cc1-n1cnnn1. The van der Waals surface area contributed by atoms with Crippen molar-refractivity contribution >= 4 is 5.91 Å². The van der Waals surface area contributed by atoms with Gasteiger partial charge in [-0.1, -0.05) is 25.0 Å². The zero-order chi connectivity index (χ0) is 20.2. The van der Waals surface area contributed by atoms with E-state index in [1.165, 1.54) is 23.1 Å². The van der Waals surface area contributed by atoms with Crippen molar-refractivity contribution < 1.29 is 13.9 Å². The minimum atomic E-state index is -0.286. The van der Waals surface area contributed by atoms with E-state index in [0.717, 1.165) is 31.2 Å². The number of methoxy groups -OCH3 is 1. The van der Waals surface area contributed by atoms with E-state index in [2.05, 4.69) is 20.8 Å². The van der Waals surface area contributed by atoms with Gasteiger partial charge in [0, 0.05) is 5.56 Å². The molecule has 1 fully saturated rings. The number of rotatable bonds is 6. The smallest absolute Gasteiger partial charge is 0.251 e. The molecule has 29 heavy (non-hydrogen) atoms. The number of tetrazole rings is 1. The van der Waals surface area contributed by atoms with Crippen LogP contribution in [0.4, 0.5) is 4.39 Å². The van der Waals surface area contributed by atoms with Gasteiger partial charge < -0.3 is 10.1 Å². The van der Waals surface area contributed by atoms with Crippen LogP contribution in [-0.4, -0.2) is 33.2 Å². The molecule has 7 nitrogen and oxygen atoms in total. The molecule has 1 saturated carbocycles. The highest BCUT2D eigenvalue weighted by Gasteiger charge is 2.28. The molecule has 1 aliphatic carbocycles. The molecule has 1 N–H and O–H groups in total. The van der Waals surface area contributed by atoms with Gasteiger partial charge in [0.1, 0.15) is 23.6 Å². The fraction of sp³-hybridized carbons (Fsp3) is 0.333. The van der Waals surface area contributed by atoms with Gasteiger partial charge in [-0.3, -0.25) is 4.79 Å². The molecule has 1 heterocycles. The molecule has 0 bridgehead atoms. The number of ether oxygens (including phenoxy) is 1. The van der Waals surface area contributed by atoms with Crippen LogP contribution in [0.15, 0.2) is 48.8 Å². The highest BCUT2D eigenvalue weighted by Crippen LogP contribution is 2.36. The maximum absolute atomic E-state index is 13.4. The molecule has 2 aromatic carbocycles. The van der Waals surface area contributed by atoms with Crippen LogP contribution in [-0.2, 0) is 0 Å². The first-order chi connectivity index (χ1) is 14.2. The maximum Gasteiger partial charge on any atom is 0.251 e. The van der Waals surface area contributed by atoms with Gasteiger partial charge in [0.05, 0.1) is 13.2 Å². The van der Waals surface area contributed by atoms with Crippen LogP contribution in [0.5, 0.6) is 5.75 Å². The van der Waals surface area contributed by atoms with Crippen LogP contribution in [0.25, 0.3) is 5.69 Å². The van der Waals surface area contributed by atoms with Crippen molar-refractivity contribution in [1.29, 1.82) is 0 Å². The number of halogens is 1. The average Bonchev–Trinajstić information content (AvgIpc) is 3.46. The summed E-state index contributed by atoms with van der Waals surface area (Å²) in [6, 6.07) is 11.3. The van der Waals surface area contributed by atoms with Crippen LogP contribution in [0, 0.1) is 11.7 Å². The zero-order valence-corrected chi connectivity index (χ0v) is 16.1. The summed E-state index contributed by atoms with van der Waals surface area (Å²) in [5, 5.41) is 14.3. The second-order valence-corrected chi connectivity index (χ2v) is 7.19. The molecule has 1 aromatic heterocycles. The van der Waals surface area contributed by atoms with Crippen LogP contribution in [0.3, 0.4) is 0 Å². The Morgan fingerprint density at radius 2 is 1.97 bits per heavy atom. The van der Waals surface area contributed by atoms with E-state index in [1.807, 2.05) is 0 Å². The summed E-state index contributed by atoms with van der Waals surface area (Å²) >= 11 is 0. The van der Waals surface area contributed by atoms with Gasteiger partial charge in [-0.25, -0.2) is 4.39 Å². The Morgan fingerprint density at radius 3 is 2.62 bits per heavy atom. The third kappa shape index (κ3) is 4.11. The third-order valence-electron chi connectivity index (χ3n) is 5.42. The molecule has 0 radical (unpaired) electrons. The summed E-state index contributed by atoms with van der Waals surface area (Å²) in [4.78, 5) is 13.1. The minimum absolute atomic E-state index is 0.163. The van der Waals surface area contributed by atoms with E-state index in [1.54, 1.807) is 37.4 Å². The fourth-order valence-electron chi connectivity index (χ4n) is 3.94. The molecule has 4 rings (SSSR count). The Hall–Kier alpha value is -3.29. The van der Waals surface area contributed by atoms with Crippen LogP contribution < -0.4 is 10.1 Å². The topological polar surface area (TPSA) is 81.9 Å². The second-order valence-electron chi connectivity index (χ2n) is 7.19. The molecule has 1 aliphatic rings. The van der Waals surface area contributed by atoms with E-state index >= 15 is 0 Å². The van der Waals surface area contributed by atoms with Gasteiger partial charge in [0.15, 0.2) is 0 Å². The predicted molar refractivity (Wildman–Crippen MR) is 104 cm³/mol. The second kappa shape index (κ2) is 8.38. The number of nitrogens with one attached hydrogen (secondary N) is 1.